The van der Waals surface area contributed by atoms with E-state index in [-0.39, 0.29) is 18.5 Å². The summed E-state index contributed by atoms with van der Waals surface area (Å²) in [6.45, 7) is 8.10. The summed E-state index contributed by atoms with van der Waals surface area (Å²) < 4.78 is 5.21. The Morgan fingerprint density at radius 3 is 2.43 bits per heavy atom. The molecule has 2 rings (SSSR count). The lowest BCUT2D eigenvalue weighted by atomic mass is 9.94. The van der Waals surface area contributed by atoms with E-state index in [9.17, 15) is 14.4 Å². The molecule has 0 unspecified atom stereocenters. The van der Waals surface area contributed by atoms with Crippen LogP contribution in [0.1, 0.15) is 58.6 Å². The minimum atomic E-state index is -0.598. The Labute approximate surface area is 166 Å². The number of nitrogens with zero attached hydrogens (tertiary/aromatic N) is 1. The Morgan fingerprint density at radius 1 is 1.18 bits per heavy atom. The highest BCUT2D eigenvalue weighted by molar-refractivity contribution is 5.95. The van der Waals surface area contributed by atoms with Crippen molar-refractivity contribution in [3.8, 4) is 0 Å². The zero-order valence-corrected chi connectivity index (χ0v) is 17.0. The molecule has 1 atom stereocenters. The fourth-order valence-corrected chi connectivity index (χ4v) is 3.21. The number of ether oxygens (including phenoxy) is 1. The third-order valence-electron chi connectivity index (χ3n) is 4.69. The summed E-state index contributed by atoms with van der Waals surface area (Å²) in [6, 6.07) is 6.29. The minimum absolute atomic E-state index is 0.0258. The highest BCUT2D eigenvalue weighted by atomic mass is 16.5. The first-order valence-corrected chi connectivity index (χ1v) is 9.78. The third-order valence-corrected chi connectivity index (χ3v) is 4.69. The monoisotopic (exact) mass is 387 g/mol. The first kappa shape index (κ1) is 21.5. The van der Waals surface area contributed by atoms with Crippen LogP contribution in [-0.4, -0.2) is 36.0 Å². The average Bonchev–Trinajstić information content (AvgIpc) is 2.67. The van der Waals surface area contributed by atoms with Crippen molar-refractivity contribution >= 4 is 23.6 Å². The molecular weight excluding hydrogens is 358 g/mol. The largest absolute Gasteiger partial charge is 0.463 e. The predicted molar refractivity (Wildman–Crippen MR) is 108 cm³/mol. The summed E-state index contributed by atoms with van der Waals surface area (Å²) >= 11 is 0. The van der Waals surface area contributed by atoms with Gasteiger partial charge in [0.05, 0.1) is 18.2 Å². The van der Waals surface area contributed by atoms with Crippen molar-refractivity contribution in [3.05, 3.63) is 41.1 Å². The van der Waals surface area contributed by atoms with E-state index < -0.39 is 12.0 Å². The van der Waals surface area contributed by atoms with Gasteiger partial charge in [0.1, 0.15) is 0 Å². The number of rotatable bonds is 8. The van der Waals surface area contributed by atoms with E-state index in [0.29, 0.717) is 29.9 Å². The summed E-state index contributed by atoms with van der Waals surface area (Å²) in [6.07, 6.45) is 2.29. The highest BCUT2D eigenvalue weighted by Crippen LogP contribution is 2.31. The second kappa shape index (κ2) is 9.92. The van der Waals surface area contributed by atoms with E-state index in [2.05, 4.69) is 10.6 Å². The lowest BCUT2D eigenvalue weighted by Gasteiger charge is -2.34. The second-order valence-corrected chi connectivity index (χ2v) is 6.62. The summed E-state index contributed by atoms with van der Waals surface area (Å²) in [5.74, 6) is -0.470. The summed E-state index contributed by atoms with van der Waals surface area (Å²) in [4.78, 5) is 38.4. The molecule has 0 spiro atoms. The van der Waals surface area contributed by atoms with Crippen LogP contribution in [0, 0.1) is 0 Å². The Kier molecular flexibility index (Phi) is 7.61. The third kappa shape index (κ3) is 4.91. The van der Waals surface area contributed by atoms with Gasteiger partial charge >= 0.3 is 12.0 Å². The molecule has 0 aliphatic carbocycles. The van der Waals surface area contributed by atoms with Crippen molar-refractivity contribution in [2.45, 2.75) is 53.0 Å². The quantitative estimate of drug-likeness (QED) is 0.665. The van der Waals surface area contributed by atoms with Crippen molar-refractivity contribution in [2.75, 3.05) is 18.5 Å². The van der Waals surface area contributed by atoms with Gasteiger partial charge in [-0.25, -0.2) is 9.59 Å². The molecule has 0 bridgehead atoms. The van der Waals surface area contributed by atoms with Crippen LogP contribution in [0.5, 0.6) is 0 Å². The van der Waals surface area contributed by atoms with Crippen LogP contribution in [0.2, 0.25) is 0 Å². The number of carbonyl (C=O) groups excluding carboxylic acids is 3. The van der Waals surface area contributed by atoms with Gasteiger partial charge < -0.3 is 15.4 Å². The van der Waals surface area contributed by atoms with E-state index in [1.165, 1.54) is 4.90 Å². The van der Waals surface area contributed by atoms with E-state index in [4.69, 9.17) is 4.74 Å². The molecule has 0 saturated carbocycles. The number of carbonyl (C=O) groups is 3. The normalized spacial score (nSPS) is 16.6. The van der Waals surface area contributed by atoms with E-state index in [1.807, 2.05) is 13.8 Å². The molecule has 1 aliphatic heterocycles. The number of hydrogen-bond acceptors (Lipinski definition) is 4. The maximum atomic E-state index is 12.6. The number of amides is 3. The summed E-state index contributed by atoms with van der Waals surface area (Å²) in [5, 5.41) is 5.74. The maximum absolute atomic E-state index is 12.6. The Bertz CT molecular complexity index is 755. The van der Waals surface area contributed by atoms with E-state index >= 15 is 0 Å². The zero-order chi connectivity index (χ0) is 20.7. The fourth-order valence-electron chi connectivity index (χ4n) is 3.21. The maximum Gasteiger partial charge on any atom is 0.338 e. The van der Waals surface area contributed by atoms with Gasteiger partial charge in [-0.15, -0.1) is 0 Å². The molecule has 0 radical (unpaired) electrons. The molecule has 0 saturated heterocycles. The number of urea groups is 1. The van der Waals surface area contributed by atoms with Crippen LogP contribution in [0.25, 0.3) is 0 Å². The molecule has 3 amide bonds. The second-order valence-electron chi connectivity index (χ2n) is 6.62. The predicted octanol–water partition coefficient (Wildman–Crippen LogP) is 3.74. The molecule has 28 heavy (non-hydrogen) atoms. The van der Waals surface area contributed by atoms with Crippen LogP contribution in [0.4, 0.5) is 10.5 Å². The van der Waals surface area contributed by atoms with Gasteiger partial charge in [0.15, 0.2) is 0 Å². The van der Waals surface area contributed by atoms with Gasteiger partial charge in [-0.1, -0.05) is 25.5 Å². The molecule has 7 nitrogen and oxygen atoms in total. The first-order valence-electron chi connectivity index (χ1n) is 9.78. The van der Waals surface area contributed by atoms with E-state index in [1.54, 1.807) is 38.1 Å². The number of nitrogens with one attached hydrogen (secondary N) is 2. The molecule has 152 valence electrons. The molecule has 0 fully saturated rings. The molecule has 1 aliphatic rings. The minimum Gasteiger partial charge on any atom is -0.463 e. The lowest BCUT2D eigenvalue weighted by Crippen LogP contribution is -2.47. The number of benzene rings is 1. The van der Waals surface area contributed by atoms with Gasteiger partial charge in [-0.3, -0.25) is 9.69 Å². The van der Waals surface area contributed by atoms with Crippen LogP contribution >= 0.6 is 0 Å². The Morgan fingerprint density at radius 2 is 1.86 bits per heavy atom. The van der Waals surface area contributed by atoms with Crippen molar-refractivity contribution < 1.29 is 19.1 Å². The van der Waals surface area contributed by atoms with Crippen molar-refractivity contribution in [1.82, 2.24) is 10.2 Å². The topological polar surface area (TPSA) is 87.7 Å². The SMILES string of the molecule is CCCCC(=O)Nc1ccc([C@H]2NC(=O)N(CC)C(C)=C2C(=O)OCC)cc1. The molecule has 1 heterocycles. The van der Waals surface area contributed by atoms with Gasteiger partial charge in [0.2, 0.25) is 5.91 Å². The average molecular weight is 387 g/mol. The molecule has 1 aromatic carbocycles. The standard InChI is InChI=1S/C21H29N3O4/c1-5-8-9-17(25)22-16-12-10-15(11-13-16)19-18(20(26)28-7-3)14(4)24(6-2)21(27)23-19/h10-13,19H,5-9H2,1-4H3,(H,22,25)(H,23,27)/t19-/m1/s1. The number of hydrogen-bond donors (Lipinski definition) is 2. The van der Waals surface area contributed by atoms with Gasteiger partial charge in [0, 0.05) is 24.4 Å². The van der Waals surface area contributed by atoms with Gasteiger partial charge in [-0.05, 0) is 44.9 Å². The number of anilines is 1. The zero-order valence-electron chi connectivity index (χ0n) is 17.0. The van der Waals surface area contributed by atoms with Crippen LogP contribution in [0.15, 0.2) is 35.5 Å². The lowest BCUT2D eigenvalue weighted by molar-refractivity contribution is -0.139. The van der Waals surface area contributed by atoms with Crippen LogP contribution < -0.4 is 10.6 Å². The van der Waals surface area contributed by atoms with Gasteiger partial charge in [0.25, 0.3) is 0 Å². The van der Waals surface area contributed by atoms with E-state index in [0.717, 1.165) is 18.4 Å². The molecule has 0 aromatic heterocycles. The highest BCUT2D eigenvalue weighted by Gasteiger charge is 2.35. The molecular formula is C21H29N3O4. The number of unbranched alkanes of at least 4 members (excludes halogenated alkanes) is 1. The van der Waals surface area contributed by atoms with Crippen molar-refractivity contribution in [3.63, 3.8) is 0 Å². The summed E-state index contributed by atoms with van der Waals surface area (Å²) in [5.41, 5.74) is 2.44. The molecule has 1 aromatic rings. The van der Waals surface area contributed by atoms with Crippen molar-refractivity contribution in [1.29, 1.82) is 0 Å². The smallest absolute Gasteiger partial charge is 0.338 e. The summed E-state index contributed by atoms with van der Waals surface area (Å²) in [7, 11) is 0. The molecule has 7 heteroatoms. The Hall–Kier alpha value is -2.83. The van der Waals surface area contributed by atoms with Crippen molar-refractivity contribution in [2.24, 2.45) is 0 Å². The molecule has 2 N–H and O–H groups in total. The number of esters is 1. The Balaban J connectivity index is 2.28. The van der Waals surface area contributed by atoms with Crippen LogP contribution in [0.3, 0.4) is 0 Å². The van der Waals surface area contributed by atoms with Crippen LogP contribution in [-0.2, 0) is 14.3 Å². The number of allylic oxidation sites excluding steroid dienone is 1. The fraction of sp³-hybridized carbons (Fsp3) is 0.476. The first-order chi connectivity index (χ1) is 13.4. The van der Waals surface area contributed by atoms with Gasteiger partial charge in [-0.2, -0.15) is 0 Å².